The Balaban J connectivity index is 2.41. The van der Waals surface area contributed by atoms with Crippen LogP contribution in [0.4, 0.5) is 0 Å². The molecule has 13 heavy (non-hydrogen) atoms. The van der Waals surface area contributed by atoms with Gasteiger partial charge < -0.3 is 10.7 Å². The molecule has 4 heteroatoms. The van der Waals surface area contributed by atoms with Crippen molar-refractivity contribution >= 4 is 0 Å². The van der Waals surface area contributed by atoms with Crippen molar-refractivity contribution in [1.29, 1.82) is 0 Å². The minimum absolute atomic E-state index is 0.0256. The quantitative estimate of drug-likeness (QED) is 0.693. The van der Waals surface area contributed by atoms with E-state index in [1.807, 2.05) is 0 Å². The standard InChI is InChI=1S/C9H13N3O/c10-4-3-7-8(6-1-2-6)11-5-12-9(7)13/h5-6H,1-4,10H2,(H,11,12,13). The predicted molar refractivity (Wildman–Crippen MR) is 49.6 cm³/mol. The van der Waals surface area contributed by atoms with Gasteiger partial charge in [0.15, 0.2) is 0 Å². The van der Waals surface area contributed by atoms with Gasteiger partial charge in [-0.1, -0.05) is 0 Å². The van der Waals surface area contributed by atoms with Crippen LogP contribution in [0.2, 0.25) is 0 Å². The van der Waals surface area contributed by atoms with Crippen LogP contribution in [0.5, 0.6) is 0 Å². The summed E-state index contributed by atoms with van der Waals surface area (Å²) in [5.74, 6) is 0.517. The number of rotatable bonds is 3. The molecular weight excluding hydrogens is 166 g/mol. The minimum Gasteiger partial charge on any atom is -0.330 e. The van der Waals surface area contributed by atoms with Gasteiger partial charge in [-0.2, -0.15) is 0 Å². The first-order valence-electron chi connectivity index (χ1n) is 4.59. The third kappa shape index (κ3) is 1.62. The van der Waals surface area contributed by atoms with Crippen LogP contribution in [-0.2, 0) is 6.42 Å². The molecule has 1 aromatic heterocycles. The van der Waals surface area contributed by atoms with Gasteiger partial charge in [-0.25, -0.2) is 4.98 Å². The molecule has 3 N–H and O–H groups in total. The van der Waals surface area contributed by atoms with Crippen molar-refractivity contribution in [2.75, 3.05) is 6.54 Å². The summed E-state index contributed by atoms with van der Waals surface area (Å²) in [5, 5.41) is 0. The van der Waals surface area contributed by atoms with Gasteiger partial charge in [0.05, 0.1) is 12.0 Å². The average Bonchev–Trinajstić information content (AvgIpc) is 2.92. The molecule has 0 spiro atoms. The van der Waals surface area contributed by atoms with Crippen LogP contribution in [0.3, 0.4) is 0 Å². The molecule has 1 aromatic rings. The number of aromatic amines is 1. The molecule has 0 bridgehead atoms. The van der Waals surface area contributed by atoms with E-state index >= 15 is 0 Å². The molecule has 0 unspecified atom stereocenters. The van der Waals surface area contributed by atoms with E-state index in [4.69, 9.17) is 5.73 Å². The fourth-order valence-corrected chi connectivity index (χ4v) is 1.54. The number of nitrogens with one attached hydrogen (secondary N) is 1. The van der Waals surface area contributed by atoms with Gasteiger partial charge in [0.2, 0.25) is 0 Å². The van der Waals surface area contributed by atoms with Gasteiger partial charge in [0, 0.05) is 11.5 Å². The molecule has 70 valence electrons. The third-order valence-corrected chi connectivity index (χ3v) is 2.34. The van der Waals surface area contributed by atoms with Crippen molar-refractivity contribution in [1.82, 2.24) is 9.97 Å². The van der Waals surface area contributed by atoms with Crippen LogP contribution in [0.1, 0.15) is 30.0 Å². The lowest BCUT2D eigenvalue weighted by Crippen LogP contribution is -2.19. The summed E-state index contributed by atoms with van der Waals surface area (Å²) < 4.78 is 0. The second-order valence-corrected chi connectivity index (χ2v) is 3.41. The second-order valence-electron chi connectivity index (χ2n) is 3.41. The molecule has 0 saturated heterocycles. The first-order chi connectivity index (χ1) is 6.33. The van der Waals surface area contributed by atoms with E-state index in [1.54, 1.807) is 0 Å². The van der Waals surface area contributed by atoms with E-state index in [0.717, 1.165) is 24.1 Å². The summed E-state index contributed by atoms with van der Waals surface area (Å²) in [6, 6.07) is 0. The molecule has 0 amide bonds. The summed E-state index contributed by atoms with van der Waals surface area (Å²) in [6.07, 6.45) is 4.44. The number of H-pyrrole nitrogens is 1. The van der Waals surface area contributed by atoms with Crippen molar-refractivity contribution < 1.29 is 0 Å². The lowest BCUT2D eigenvalue weighted by molar-refractivity contribution is 0.860. The molecule has 4 nitrogen and oxygen atoms in total. The topological polar surface area (TPSA) is 71.8 Å². The predicted octanol–water partition coefficient (Wildman–Crippen LogP) is 0.148. The minimum atomic E-state index is -0.0256. The van der Waals surface area contributed by atoms with Gasteiger partial charge in [-0.15, -0.1) is 0 Å². The van der Waals surface area contributed by atoms with Crippen LogP contribution in [0, 0.1) is 0 Å². The Kier molecular flexibility index (Phi) is 2.14. The summed E-state index contributed by atoms with van der Waals surface area (Å²) >= 11 is 0. The SMILES string of the molecule is NCCc1c(C2CC2)nc[nH]c1=O. The number of aromatic nitrogens is 2. The van der Waals surface area contributed by atoms with Crippen LogP contribution in [0.25, 0.3) is 0 Å². The largest absolute Gasteiger partial charge is 0.330 e. The van der Waals surface area contributed by atoms with Crippen LogP contribution >= 0.6 is 0 Å². The van der Waals surface area contributed by atoms with E-state index < -0.39 is 0 Å². The summed E-state index contributed by atoms with van der Waals surface area (Å²) in [7, 11) is 0. The normalized spacial score (nSPS) is 16.1. The zero-order chi connectivity index (χ0) is 9.26. The van der Waals surface area contributed by atoms with Crippen LogP contribution < -0.4 is 11.3 Å². The maximum Gasteiger partial charge on any atom is 0.254 e. The van der Waals surface area contributed by atoms with Crippen LogP contribution in [-0.4, -0.2) is 16.5 Å². The molecule has 1 fully saturated rings. The summed E-state index contributed by atoms with van der Waals surface area (Å²) in [4.78, 5) is 18.2. The van der Waals surface area contributed by atoms with E-state index in [0.29, 0.717) is 18.9 Å². The lowest BCUT2D eigenvalue weighted by Gasteiger charge is -2.03. The molecular formula is C9H13N3O. The van der Waals surface area contributed by atoms with Gasteiger partial charge in [-0.3, -0.25) is 4.79 Å². The van der Waals surface area contributed by atoms with Crippen molar-refractivity contribution in [3.63, 3.8) is 0 Å². The fourth-order valence-electron chi connectivity index (χ4n) is 1.54. The average molecular weight is 179 g/mol. The molecule has 2 rings (SSSR count). The highest BCUT2D eigenvalue weighted by Gasteiger charge is 2.28. The number of nitrogens with zero attached hydrogens (tertiary/aromatic N) is 1. The molecule has 0 aromatic carbocycles. The Bertz CT molecular complexity index is 354. The van der Waals surface area contributed by atoms with E-state index in [1.165, 1.54) is 6.33 Å². The Morgan fingerprint density at radius 2 is 2.38 bits per heavy atom. The van der Waals surface area contributed by atoms with E-state index in [-0.39, 0.29) is 5.56 Å². The van der Waals surface area contributed by atoms with Crippen molar-refractivity contribution in [2.24, 2.45) is 5.73 Å². The third-order valence-electron chi connectivity index (χ3n) is 2.34. The summed E-state index contributed by atoms with van der Waals surface area (Å²) in [6.45, 7) is 0.508. The van der Waals surface area contributed by atoms with Crippen molar-refractivity contribution in [3.05, 3.63) is 27.9 Å². The smallest absolute Gasteiger partial charge is 0.254 e. The number of hydrogen-bond donors (Lipinski definition) is 2. The maximum absolute atomic E-state index is 11.4. The van der Waals surface area contributed by atoms with Gasteiger partial charge in [0.25, 0.3) is 5.56 Å². The highest BCUT2D eigenvalue weighted by molar-refractivity contribution is 5.24. The van der Waals surface area contributed by atoms with Crippen molar-refractivity contribution in [2.45, 2.75) is 25.2 Å². The molecule has 1 aliphatic carbocycles. The Morgan fingerprint density at radius 1 is 1.62 bits per heavy atom. The number of nitrogens with two attached hydrogens (primary N) is 1. The van der Waals surface area contributed by atoms with Gasteiger partial charge >= 0.3 is 0 Å². The highest BCUT2D eigenvalue weighted by Crippen LogP contribution is 2.39. The second kappa shape index (κ2) is 3.30. The maximum atomic E-state index is 11.4. The van der Waals surface area contributed by atoms with Crippen LogP contribution in [0.15, 0.2) is 11.1 Å². The fraction of sp³-hybridized carbons (Fsp3) is 0.556. The van der Waals surface area contributed by atoms with Gasteiger partial charge in [-0.05, 0) is 25.8 Å². The van der Waals surface area contributed by atoms with Crippen molar-refractivity contribution in [3.8, 4) is 0 Å². The Hall–Kier alpha value is -1.16. The molecule has 0 radical (unpaired) electrons. The Morgan fingerprint density at radius 3 is 3.00 bits per heavy atom. The Labute approximate surface area is 76.2 Å². The zero-order valence-electron chi connectivity index (χ0n) is 7.42. The summed E-state index contributed by atoms with van der Waals surface area (Å²) in [5.41, 5.74) is 7.16. The highest BCUT2D eigenvalue weighted by atomic mass is 16.1. The lowest BCUT2D eigenvalue weighted by atomic mass is 10.1. The molecule has 1 aliphatic rings. The first-order valence-corrected chi connectivity index (χ1v) is 4.59. The molecule has 1 heterocycles. The first kappa shape index (κ1) is 8.44. The van der Waals surface area contributed by atoms with E-state index in [9.17, 15) is 4.79 Å². The monoisotopic (exact) mass is 179 g/mol. The molecule has 0 atom stereocenters. The van der Waals surface area contributed by atoms with Gasteiger partial charge in [0.1, 0.15) is 0 Å². The zero-order valence-corrected chi connectivity index (χ0v) is 7.42. The van der Waals surface area contributed by atoms with E-state index in [2.05, 4.69) is 9.97 Å². The molecule has 1 saturated carbocycles. The number of hydrogen-bond acceptors (Lipinski definition) is 3. The molecule has 0 aliphatic heterocycles.